The van der Waals surface area contributed by atoms with E-state index in [1.165, 1.54) is 0 Å². The van der Waals surface area contributed by atoms with Gasteiger partial charge in [0, 0.05) is 0 Å². The predicted octanol–water partition coefficient (Wildman–Crippen LogP) is 1.78. The van der Waals surface area contributed by atoms with E-state index in [9.17, 15) is 0 Å². The van der Waals surface area contributed by atoms with Crippen LogP contribution in [0.4, 0.5) is 0 Å². The van der Waals surface area contributed by atoms with Crippen molar-refractivity contribution in [2.24, 2.45) is 0 Å². The lowest BCUT2D eigenvalue weighted by molar-refractivity contribution is 2.06. The fourth-order valence-corrected chi connectivity index (χ4v) is 1.75. The standard InChI is InChI=1S/C8H12S/c1-9(2)7-5-3-4-6-8-9/h3-8H,1-2H3. The zero-order valence-corrected chi connectivity index (χ0v) is 6.69. The fraction of sp³-hybridized carbons (Fsp3) is 0.250. The summed E-state index contributed by atoms with van der Waals surface area (Å²) in [5.41, 5.74) is 0. The summed E-state index contributed by atoms with van der Waals surface area (Å²) >= 11 is 0. The van der Waals surface area contributed by atoms with Crippen molar-refractivity contribution in [3.8, 4) is 0 Å². The highest BCUT2D eigenvalue weighted by molar-refractivity contribution is 8.28. The molecule has 0 atom stereocenters. The molecule has 0 aliphatic carbocycles. The lowest BCUT2D eigenvalue weighted by atomic mass is 10.5. The molecule has 1 rings (SSSR count). The van der Waals surface area contributed by atoms with E-state index < -0.39 is 9.21 Å². The Morgan fingerprint density at radius 3 is 1.67 bits per heavy atom. The van der Waals surface area contributed by atoms with Gasteiger partial charge in [0.2, 0.25) is 0 Å². The first kappa shape index (κ1) is 6.69. The quantitative estimate of drug-likeness (QED) is 0.450. The van der Waals surface area contributed by atoms with Gasteiger partial charge in [0.1, 0.15) is 0 Å². The number of allylic oxidation sites excluding steroid dienone is 4. The summed E-state index contributed by atoms with van der Waals surface area (Å²) in [4.78, 5) is 0. The minimum atomic E-state index is -0.543. The summed E-state index contributed by atoms with van der Waals surface area (Å²) in [7, 11) is -0.543. The molecule has 0 aromatic heterocycles. The third kappa shape index (κ3) is 2.10. The molecular formula is C8H12S. The van der Waals surface area contributed by atoms with Crippen molar-refractivity contribution in [1.82, 2.24) is 0 Å². The van der Waals surface area contributed by atoms with Crippen LogP contribution in [-0.4, -0.2) is 23.2 Å². The summed E-state index contributed by atoms with van der Waals surface area (Å²) < 4.78 is 0. The first-order valence-corrected chi connectivity index (χ1v) is 5.53. The summed E-state index contributed by atoms with van der Waals surface area (Å²) in [6, 6.07) is 0. The molecule has 0 amide bonds. The van der Waals surface area contributed by atoms with Gasteiger partial charge in [0.15, 0.2) is 0 Å². The van der Waals surface area contributed by atoms with E-state index in [1.807, 2.05) is 0 Å². The van der Waals surface area contributed by atoms with E-state index in [0.717, 1.165) is 0 Å². The topological polar surface area (TPSA) is 0 Å². The van der Waals surface area contributed by atoms with Gasteiger partial charge in [-0.05, 0) is 23.2 Å². The van der Waals surface area contributed by atoms with E-state index in [2.05, 4.69) is 47.6 Å². The Hall–Kier alpha value is -0.430. The maximum atomic E-state index is 2.27. The summed E-state index contributed by atoms with van der Waals surface area (Å²) in [6.07, 6.45) is 12.9. The highest BCUT2D eigenvalue weighted by Gasteiger charge is 1.81. The molecule has 1 aliphatic rings. The van der Waals surface area contributed by atoms with E-state index in [0.29, 0.717) is 0 Å². The SMILES string of the molecule is CS1(C)=CC=CC=CC=1. The first-order valence-electron chi connectivity index (χ1n) is 2.95. The first-order chi connectivity index (χ1) is 4.21. The Morgan fingerprint density at radius 1 is 0.778 bits per heavy atom. The molecule has 1 aliphatic heterocycles. The van der Waals surface area contributed by atoms with Crippen LogP contribution in [0.2, 0.25) is 0 Å². The average molecular weight is 140 g/mol. The highest BCUT2D eigenvalue weighted by atomic mass is 32.2. The summed E-state index contributed by atoms with van der Waals surface area (Å²) in [5, 5.41) is 4.54. The molecule has 0 aromatic rings. The van der Waals surface area contributed by atoms with Gasteiger partial charge in [-0.15, -0.1) is 0 Å². The summed E-state index contributed by atoms with van der Waals surface area (Å²) in [6.45, 7) is 0. The van der Waals surface area contributed by atoms with E-state index in [4.69, 9.17) is 0 Å². The molecule has 0 unspecified atom stereocenters. The maximum Gasteiger partial charge on any atom is -0.0278 e. The number of hydrogen-bond donors (Lipinski definition) is 0. The second-order valence-electron chi connectivity index (χ2n) is 2.53. The Balaban J connectivity index is 3.18. The zero-order chi connectivity index (χ0) is 6.74. The van der Waals surface area contributed by atoms with Crippen LogP contribution in [0.5, 0.6) is 0 Å². The molecule has 0 aromatic carbocycles. The molecule has 0 N–H and O–H groups in total. The van der Waals surface area contributed by atoms with Crippen LogP contribution in [-0.2, 0) is 0 Å². The molecule has 1 heteroatoms. The monoisotopic (exact) mass is 140 g/mol. The van der Waals surface area contributed by atoms with Crippen LogP contribution in [0.25, 0.3) is 0 Å². The molecule has 0 radical (unpaired) electrons. The molecule has 0 saturated heterocycles. The maximum absolute atomic E-state index is 2.27. The van der Waals surface area contributed by atoms with Gasteiger partial charge < -0.3 is 0 Å². The zero-order valence-electron chi connectivity index (χ0n) is 5.87. The van der Waals surface area contributed by atoms with E-state index in [1.54, 1.807) is 0 Å². The number of rotatable bonds is 0. The fourth-order valence-electron chi connectivity index (χ4n) is 0.669. The van der Waals surface area contributed by atoms with Gasteiger partial charge in [-0.3, -0.25) is 0 Å². The van der Waals surface area contributed by atoms with E-state index in [-0.39, 0.29) is 0 Å². The van der Waals surface area contributed by atoms with Crippen molar-refractivity contribution in [3.05, 3.63) is 24.3 Å². The van der Waals surface area contributed by atoms with Crippen molar-refractivity contribution in [2.45, 2.75) is 0 Å². The van der Waals surface area contributed by atoms with Crippen LogP contribution in [0.1, 0.15) is 0 Å². The van der Waals surface area contributed by atoms with Crippen molar-refractivity contribution in [1.29, 1.82) is 0 Å². The summed E-state index contributed by atoms with van der Waals surface area (Å²) in [5.74, 6) is 0. The second-order valence-corrected chi connectivity index (χ2v) is 6.05. The Kier molecular flexibility index (Phi) is 1.81. The minimum absolute atomic E-state index is 0.543. The Bertz CT molecular complexity index is 226. The smallest absolute Gasteiger partial charge is 0.0278 e. The van der Waals surface area contributed by atoms with Gasteiger partial charge >= 0.3 is 0 Å². The van der Waals surface area contributed by atoms with Crippen LogP contribution < -0.4 is 0 Å². The van der Waals surface area contributed by atoms with Crippen LogP contribution in [0.15, 0.2) is 24.3 Å². The molecule has 0 spiro atoms. The van der Waals surface area contributed by atoms with Crippen molar-refractivity contribution in [3.63, 3.8) is 0 Å². The molecule has 1 heterocycles. The molecule has 0 nitrogen and oxygen atoms in total. The lowest BCUT2D eigenvalue weighted by Crippen LogP contribution is -1.75. The molecule has 9 heavy (non-hydrogen) atoms. The van der Waals surface area contributed by atoms with Gasteiger partial charge in [-0.2, -0.15) is 0 Å². The molecule has 0 fully saturated rings. The normalized spacial score (nSPS) is 22.0. The molecule has 0 saturated carbocycles. The van der Waals surface area contributed by atoms with Crippen LogP contribution in [0, 0.1) is 0 Å². The van der Waals surface area contributed by atoms with Gasteiger partial charge in [0.25, 0.3) is 0 Å². The molecular weight excluding hydrogens is 128 g/mol. The second kappa shape index (κ2) is 2.44. The van der Waals surface area contributed by atoms with E-state index >= 15 is 0 Å². The highest BCUT2D eigenvalue weighted by Crippen LogP contribution is 2.11. The largest absolute Gasteiger partial charge is 0.207 e. The Labute approximate surface area is 57.4 Å². The van der Waals surface area contributed by atoms with Gasteiger partial charge in [-0.1, -0.05) is 24.3 Å². The third-order valence-corrected chi connectivity index (χ3v) is 2.91. The minimum Gasteiger partial charge on any atom is -0.207 e. The van der Waals surface area contributed by atoms with Crippen molar-refractivity contribution >= 4 is 19.9 Å². The average Bonchev–Trinajstić information content (AvgIpc) is 1.92. The number of hydrogen-bond acceptors (Lipinski definition) is 0. The van der Waals surface area contributed by atoms with Crippen LogP contribution in [0.3, 0.4) is 0 Å². The Morgan fingerprint density at radius 2 is 1.22 bits per heavy atom. The van der Waals surface area contributed by atoms with Crippen LogP contribution >= 0.6 is 9.21 Å². The third-order valence-electron chi connectivity index (χ3n) is 1.19. The van der Waals surface area contributed by atoms with Gasteiger partial charge in [0.05, 0.1) is 0 Å². The lowest BCUT2D eigenvalue weighted by Gasteiger charge is -1.97. The molecule has 50 valence electrons. The van der Waals surface area contributed by atoms with Crippen molar-refractivity contribution in [2.75, 3.05) is 12.5 Å². The molecule has 0 bridgehead atoms. The van der Waals surface area contributed by atoms with Crippen molar-refractivity contribution < 1.29 is 0 Å². The van der Waals surface area contributed by atoms with Gasteiger partial charge in [-0.25, -0.2) is 9.21 Å². The predicted molar refractivity (Wildman–Crippen MR) is 49.8 cm³/mol.